The Morgan fingerprint density at radius 2 is 2.08 bits per heavy atom. The number of aryl methyl sites for hydroxylation is 1. The molecule has 0 atom stereocenters. The molecule has 1 rings (SSSR count). The minimum Gasteiger partial charge on any atom is -0.389 e. The maximum Gasteiger partial charge on any atom is 0.434 e. The Morgan fingerprint density at radius 1 is 1.46 bits per heavy atom. The van der Waals surface area contributed by atoms with E-state index in [0.717, 1.165) is 11.3 Å². The van der Waals surface area contributed by atoms with Gasteiger partial charge in [-0.1, -0.05) is 6.92 Å². The van der Waals surface area contributed by atoms with E-state index in [-0.39, 0.29) is 16.3 Å². The molecular formula is C7H8F3NOS. The van der Waals surface area contributed by atoms with Crippen molar-refractivity contribution in [1.82, 2.24) is 4.98 Å². The first-order valence-corrected chi connectivity index (χ1v) is 4.47. The molecule has 1 aromatic heterocycles. The molecule has 1 N–H and O–H groups in total. The zero-order valence-electron chi connectivity index (χ0n) is 6.85. The van der Waals surface area contributed by atoms with Crippen molar-refractivity contribution in [2.45, 2.75) is 26.1 Å². The number of halogens is 3. The monoisotopic (exact) mass is 211 g/mol. The fraction of sp³-hybridized carbons (Fsp3) is 0.571. The Hall–Kier alpha value is -0.620. The van der Waals surface area contributed by atoms with Crippen LogP contribution in [-0.2, 0) is 19.2 Å². The molecule has 0 aliphatic carbocycles. The quantitative estimate of drug-likeness (QED) is 0.813. The Kier molecular flexibility index (Phi) is 2.92. The molecule has 0 aliphatic rings. The molecule has 74 valence electrons. The van der Waals surface area contributed by atoms with E-state index in [1.807, 2.05) is 0 Å². The number of aromatic nitrogens is 1. The van der Waals surface area contributed by atoms with Crippen LogP contribution in [0.5, 0.6) is 0 Å². The van der Waals surface area contributed by atoms with Crippen LogP contribution in [0.2, 0.25) is 0 Å². The first-order chi connectivity index (χ1) is 5.99. The molecule has 0 amide bonds. The highest BCUT2D eigenvalue weighted by atomic mass is 32.1. The third kappa shape index (κ3) is 2.19. The Bertz CT molecular complexity index is 294. The summed E-state index contributed by atoms with van der Waals surface area (Å²) in [6.07, 6.45) is -4.12. The second-order valence-corrected chi connectivity index (χ2v) is 3.56. The van der Waals surface area contributed by atoms with Crippen molar-refractivity contribution in [3.8, 4) is 0 Å². The highest BCUT2D eigenvalue weighted by Gasteiger charge is 2.36. The summed E-state index contributed by atoms with van der Waals surface area (Å²) >= 11 is 0.905. The highest BCUT2D eigenvalue weighted by molar-refractivity contribution is 7.11. The Balaban J connectivity index is 3.11. The number of hydrogen-bond acceptors (Lipinski definition) is 3. The van der Waals surface area contributed by atoms with E-state index in [1.165, 1.54) is 0 Å². The molecular weight excluding hydrogens is 203 g/mol. The summed E-state index contributed by atoms with van der Waals surface area (Å²) in [6, 6.07) is 0. The van der Waals surface area contributed by atoms with Crippen LogP contribution < -0.4 is 0 Å². The highest BCUT2D eigenvalue weighted by Crippen LogP contribution is 2.34. The van der Waals surface area contributed by atoms with Gasteiger partial charge in [0.15, 0.2) is 5.69 Å². The maximum absolute atomic E-state index is 12.2. The molecule has 6 heteroatoms. The zero-order valence-corrected chi connectivity index (χ0v) is 7.67. The zero-order chi connectivity index (χ0) is 10.1. The van der Waals surface area contributed by atoms with Crippen molar-refractivity contribution < 1.29 is 18.3 Å². The van der Waals surface area contributed by atoms with Gasteiger partial charge in [0.2, 0.25) is 0 Å². The fourth-order valence-electron chi connectivity index (χ4n) is 0.929. The van der Waals surface area contributed by atoms with Crippen LogP contribution in [0.15, 0.2) is 0 Å². The van der Waals surface area contributed by atoms with Gasteiger partial charge in [-0.25, -0.2) is 4.98 Å². The summed E-state index contributed by atoms with van der Waals surface area (Å²) in [5, 5.41) is 8.73. The second-order valence-electron chi connectivity index (χ2n) is 2.39. The minimum absolute atomic E-state index is 0.115. The van der Waals surface area contributed by atoms with E-state index < -0.39 is 18.5 Å². The van der Waals surface area contributed by atoms with Crippen molar-refractivity contribution in [2.24, 2.45) is 0 Å². The van der Waals surface area contributed by atoms with Crippen molar-refractivity contribution in [2.75, 3.05) is 0 Å². The fourth-order valence-corrected chi connectivity index (χ4v) is 1.82. The molecule has 0 bridgehead atoms. The lowest BCUT2D eigenvalue weighted by molar-refractivity contribution is -0.141. The molecule has 0 saturated carbocycles. The lowest BCUT2D eigenvalue weighted by atomic mass is 10.3. The normalized spacial score (nSPS) is 12.1. The molecule has 1 aromatic rings. The van der Waals surface area contributed by atoms with Crippen LogP contribution in [0.4, 0.5) is 13.2 Å². The van der Waals surface area contributed by atoms with E-state index in [1.54, 1.807) is 6.92 Å². The van der Waals surface area contributed by atoms with Crippen LogP contribution >= 0.6 is 11.3 Å². The smallest absolute Gasteiger partial charge is 0.389 e. The van der Waals surface area contributed by atoms with Crippen LogP contribution in [0.25, 0.3) is 0 Å². The molecule has 0 spiro atoms. The third-order valence-electron chi connectivity index (χ3n) is 1.47. The van der Waals surface area contributed by atoms with Gasteiger partial charge in [-0.05, 0) is 6.42 Å². The number of nitrogens with zero attached hydrogens (tertiary/aromatic N) is 1. The summed E-state index contributed by atoms with van der Waals surface area (Å²) in [5.74, 6) is 0. The van der Waals surface area contributed by atoms with Crippen LogP contribution in [0.1, 0.15) is 22.5 Å². The van der Waals surface area contributed by atoms with Crippen LogP contribution in [0.3, 0.4) is 0 Å². The molecule has 0 fully saturated rings. The minimum atomic E-state index is -4.41. The summed E-state index contributed by atoms with van der Waals surface area (Å²) in [6.45, 7) is 1.19. The van der Waals surface area contributed by atoms with Crippen molar-refractivity contribution >= 4 is 11.3 Å². The van der Waals surface area contributed by atoms with E-state index in [9.17, 15) is 13.2 Å². The van der Waals surface area contributed by atoms with E-state index in [4.69, 9.17) is 5.11 Å². The van der Waals surface area contributed by atoms with Gasteiger partial charge >= 0.3 is 6.18 Å². The van der Waals surface area contributed by atoms with Gasteiger partial charge < -0.3 is 5.11 Å². The SMILES string of the molecule is CCc1sc(CO)nc1C(F)(F)F. The topological polar surface area (TPSA) is 33.1 Å². The third-order valence-corrected chi connectivity index (χ3v) is 2.65. The lowest BCUT2D eigenvalue weighted by Gasteiger charge is -2.03. The molecule has 1 heterocycles. The first-order valence-electron chi connectivity index (χ1n) is 3.65. The predicted octanol–water partition coefficient (Wildman–Crippen LogP) is 2.22. The number of aliphatic hydroxyl groups excluding tert-OH is 1. The number of rotatable bonds is 2. The Labute approximate surface area is 77.0 Å². The molecule has 0 radical (unpaired) electrons. The molecule has 13 heavy (non-hydrogen) atoms. The largest absolute Gasteiger partial charge is 0.434 e. The van der Waals surface area contributed by atoms with E-state index >= 15 is 0 Å². The summed E-state index contributed by atoms with van der Waals surface area (Å²) in [5.41, 5.74) is -0.857. The summed E-state index contributed by atoms with van der Waals surface area (Å²) in [7, 11) is 0. The van der Waals surface area contributed by atoms with Crippen molar-refractivity contribution in [1.29, 1.82) is 0 Å². The van der Waals surface area contributed by atoms with Crippen molar-refractivity contribution in [3.05, 3.63) is 15.6 Å². The van der Waals surface area contributed by atoms with Gasteiger partial charge in [-0.15, -0.1) is 11.3 Å². The molecule has 0 unspecified atom stereocenters. The summed E-state index contributed by atoms with van der Waals surface area (Å²) in [4.78, 5) is 3.49. The average Bonchev–Trinajstić information content (AvgIpc) is 2.46. The van der Waals surface area contributed by atoms with Crippen LogP contribution in [0, 0.1) is 0 Å². The average molecular weight is 211 g/mol. The maximum atomic E-state index is 12.2. The van der Waals surface area contributed by atoms with Gasteiger partial charge in [-0.2, -0.15) is 13.2 Å². The summed E-state index contributed by atoms with van der Waals surface area (Å²) < 4.78 is 36.7. The van der Waals surface area contributed by atoms with Crippen LogP contribution in [-0.4, -0.2) is 10.1 Å². The standard InChI is InChI=1S/C7H8F3NOS/c1-2-4-6(7(8,9)10)11-5(3-12)13-4/h12H,2-3H2,1H3. The van der Waals surface area contributed by atoms with Gasteiger partial charge in [0.1, 0.15) is 5.01 Å². The van der Waals surface area contributed by atoms with Gasteiger partial charge in [0.05, 0.1) is 6.61 Å². The van der Waals surface area contributed by atoms with Crippen molar-refractivity contribution in [3.63, 3.8) is 0 Å². The van der Waals surface area contributed by atoms with E-state index in [2.05, 4.69) is 4.98 Å². The lowest BCUT2D eigenvalue weighted by Crippen LogP contribution is -2.08. The number of alkyl halides is 3. The molecule has 2 nitrogen and oxygen atoms in total. The number of hydrogen-bond donors (Lipinski definition) is 1. The first kappa shape index (κ1) is 10.5. The molecule has 0 saturated heterocycles. The van der Waals surface area contributed by atoms with Gasteiger partial charge in [0.25, 0.3) is 0 Å². The second kappa shape index (κ2) is 3.63. The van der Waals surface area contributed by atoms with E-state index in [0.29, 0.717) is 0 Å². The number of thiazole rings is 1. The molecule has 0 aromatic carbocycles. The Morgan fingerprint density at radius 3 is 2.38 bits per heavy atom. The van der Waals surface area contributed by atoms with Gasteiger partial charge in [0, 0.05) is 4.88 Å². The predicted molar refractivity (Wildman–Crippen MR) is 42.4 cm³/mol. The number of aliphatic hydroxyl groups is 1. The molecule has 0 aliphatic heterocycles. The van der Waals surface area contributed by atoms with Gasteiger partial charge in [-0.3, -0.25) is 0 Å².